The smallest absolute Gasteiger partial charge is 0.137 e. The lowest BCUT2D eigenvalue weighted by molar-refractivity contribution is 0.575. The van der Waals surface area contributed by atoms with Crippen LogP contribution in [0.1, 0.15) is 23.8 Å². The Balaban J connectivity index is 2.83. The molecule has 1 aromatic carbocycles. The molecule has 1 heterocycles. The van der Waals surface area contributed by atoms with Crippen LogP contribution in [0.25, 0.3) is 17.0 Å². The van der Waals surface area contributed by atoms with Gasteiger partial charge in [-0.05, 0) is 26.3 Å². The first-order chi connectivity index (χ1) is 6.74. The van der Waals surface area contributed by atoms with Crippen molar-refractivity contribution in [2.24, 2.45) is 0 Å². The van der Waals surface area contributed by atoms with Crippen molar-refractivity contribution < 1.29 is 4.42 Å². The molecule has 0 aliphatic carbocycles. The third-order valence-corrected chi connectivity index (χ3v) is 2.47. The van der Waals surface area contributed by atoms with Crippen LogP contribution in [0.4, 0.5) is 0 Å². The summed E-state index contributed by atoms with van der Waals surface area (Å²) in [4.78, 5) is 0. The standard InChI is InChI=1S/C13H14O/c1-4-6-11-10(3)14-13-9(2)7-5-8-12(11)13/h4-8H,1-3H3/b6-4-. The van der Waals surface area contributed by atoms with Crippen molar-refractivity contribution in [2.45, 2.75) is 20.8 Å². The van der Waals surface area contributed by atoms with Gasteiger partial charge in [-0.3, -0.25) is 0 Å². The summed E-state index contributed by atoms with van der Waals surface area (Å²) in [7, 11) is 0. The number of fused-ring (bicyclic) bond motifs is 1. The summed E-state index contributed by atoms with van der Waals surface area (Å²) < 4.78 is 5.73. The Morgan fingerprint density at radius 2 is 2.00 bits per heavy atom. The van der Waals surface area contributed by atoms with Crippen LogP contribution >= 0.6 is 0 Å². The van der Waals surface area contributed by atoms with Crippen LogP contribution in [-0.4, -0.2) is 0 Å². The molecule has 1 aromatic heterocycles. The fraction of sp³-hybridized carbons (Fsp3) is 0.231. The maximum atomic E-state index is 5.73. The molecular formula is C13H14O. The Morgan fingerprint density at radius 1 is 1.21 bits per heavy atom. The summed E-state index contributed by atoms with van der Waals surface area (Å²) in [6, 6.07) is 6.25. The monoisotopic (exact) mass is 186 g/mol. The minimum absolute atomic E-state index is 0.993. The second-order valence-electron chi connectivity index (χ2n) is 3.52. The van der Waals surface area contributed by atoms with Gasteiger partial charge in [-0.1, -0.05) is 30.4 Å². The van der Waals surface area contributed by atoms with Gasteiger partial charge < -0.3 is 4.42 Å². The van der Waals surface area contributed by atoms with Crippen LogP contribution in [0.15, 0.2) is 28.7 Å². The number of rotatable bonds is 1. The van der Waals surface area contributed by atoms with Crippen LogP contribution in [0.3, 0.4) is 0 Å². The molecule has 0 atom stereocenters. The van der Waals surface area contributed by atoms with Gasteiger partial charge in [-0.25, -0.2) is 0 Å². The summed E-state index contributed by atoms with van der Waals surface area (Å²) in [5.41, 5.74) is 3.41. The van der Waals surface area contributed by atoms with E-state index < -0.39 is 0 Å². The molecule has 0 amide bonds. The molecule has 0 aliphatic heterocycles. The van der Waals surface area contributed by atoms with Crippen molar-refractivity contribution in [2.75, 3.05) is 0 Å². The van der Waals surface area contributed by atoms with Crippen molar-refractivity contribution in [1.82, 2.24) is 0 Å². The number of hydrogen-bond acceptors (Lipinski definition) is 1. The first-order valence-corrected chi connectivity index (χ1v) is 4.85. The third kappa shape index (κ3) is 1.25. The van der Waals surface area contributed by atoms with E-state index >= 15 is 0 Å². The molecule has 0 N–H and O–H groups in total. The van der Waals surface area contributed by atoms with Gasteiger partial charge in [-0.15, -0.1) is 0 Å². The molecule has 0 bridgehead atoms. The number of benzene rings is 1. The van der Waals surface area contributed by atoms with Gasteiger partial charge in [0.05, 0.1) is 0 Å². The van der Waals surface area contributed by atoms with Gasteiger partial charge >= 0.3 is 0 Å². The Morgan fingerprint density at radius 3 is 2.71 bits per heavy atom. The minimum atomic E-state index is 0.993. The van der Waals surface area contributed by atoms with Crippen LogP contribution in [0.2, 0.25) is 0 Å². The highest BCUT2D eigenvalue weighted by Crippen LogP contribution is 2.28. The fourth-order valence-corrected chi connectivity index (χ4v) is 1.77. The molecule has 1 heteroatoms. The zero-order valence-corrected chi connectivity index (χ0v) is 8.79. The predicted octanol–water partition coefficient (Wildman–Crippen LogP) is 4.08. The molecule has 2 aromatic rings. The Labute approximate surface area is 84.0 Å². The van der Waals surface area contributed by atoms with E-state index in [0.717, 1.165) is 11.3 Å². The number of hydrogen-bond donors (Lipinski definition) is 0. The Bertz CT molecular complexity index is 489. The quantitative estimate of drug-likeness (QED) is 0.654. The van der Waals surface area contributed by atoms with Crippen LogP contribution in [-0.2, 0) is 0 Å². The number of para-hydroxylation sites is 1. The van der Waals surface area contributed by atoms with Crippen molar-refractivity contribution in [3.8, 4) is 0 Å². The molecule has 0 fully saturated rings. The van der Waals surface area contributed by atoms with E-state index in [0.29, 0.717) is 0 Å². The topological polar surface area (TPSA) is 13.1 Å². The molecular weight excluding hydrogens is 172 g/mol. The lowest BCUT2D eigenvalue weighted by Crippen LogP contribution is -1.73. The normalized spacial score (nSPS) is 11.6. The van der Waals surface area contributed by atoms with E-state index in [-0.39, 0.29) is 0 Å². The molecule has 2 rings (SSSR count). The minimum Gasteiger partial charge on any atom is -0.460 e. The highest BCUT2D eigenvalue weighted by atomic mass is 16.3. The molecule has 0 spiro atoms. The number of allylic oxidation sites excluding steroid dienone is 1. The van der Waals surface area contributed by atoms with Gasteiger partial charge in [0.1, 0.15) is 11.3 Å². The molecule has 0 aliphatic rings. The molecule has 0 saturated heterocycles. The van der Waals surface area contributed by atoms with Crippen molar-refractivity contribution in [1.29, 1.82) is 0 Å². The van der Waals surface area contributed by atoms with Gasteiger partial charge in [0.2, 0.25) is 0 Å². The predicted molar refractivity (Wildman–Crippen MR) is 60.4 cm³/mol. The first-order valence-electron chi connectivity index (χ1n) is 4.85. The lowest BCUT2D eigenvalue weighted by Gasteiger charge is -1.92. The van der Waals surface area contributed by atoms with E-state index in [9.17, 15) is 0 Å². The van der Waals surface area contributed by atoms with E-state index in [2.05, 4.69) is 31.2 Å². The summed E-state index contributed by atoms with van der Waals surface area (Å²) >= 11 is 0. The van der Waals surface area contributed by atoms with E-state index in [1.165, 1.54) is 16.5 Å². The summed E-state index contributed by atoms with van der Waals surface area (Å²) in [5.74, 6) is 0.993. The molecule has 1 nitrogen and oxygen atoms in total. The number of aryl methyl sites for hydroxylation is 2. The van der Waals surface area contributed by atoms with E-state index in [4.69, 9.17) is 4.42 Å². The Hall–Kier alpha value is -1.50. The maximum absolute atomic E-state index is 5.73. The summed E-state index contributed by atoms with van der Waals surface area (Å²) in [5, 5.41) is 1.21. The van der Waals surface area contributed by atoms with E-state index in [1.807, 2.05) is 19.9 Å². The fourth-order valence-electron chi connectivity index (χ4n) is 1.77. The van der Waals surface area contributed by atoms with Gasteiger partial charge in [0, 0.05) is 10.9 Å². The van der Waals surface area contributed by atoms with Crippen LogP contribution in [0, 0.1) is 13.8 Å². The Kier molecular flexibility index (Phi) is 2.16. The lowest BCUT2D eigenvalue weighted by atomic mass is 10.1. The SMILES string of the molecule is C/C=C\c1c(C)oc2c(C)cccc12. The zero-order valence-electron chi connectivity index (χ0n) is 8.79. The van der Waals surface area contributed by atoms with Crippen molar-refractivity contribution >= 4 is 17.0 Å². The number of furan rings is 1. The summed E-state index contributed by atoms with van der Waals surface area (Å²) in [6.45, 7) is 6.10. The van der Waals surface area contributed by atoms with Crippen molar-refractivity contribution in [3.05, 3.63) is 41.2 Å². The summed E-state index contributed by atoms with van der Waals surface area (Å²) in [6.07, 6.45) is 4.14. The van der Waals surface area contributed by atoms with Gasteiger partial charge in [0.25, 0.3) is 0 Å². The zero-order chi connectivity index (χ0) is 10.1. The highest BCUT2D eigenvalue weighted by molar-refractivity contribution is 5.90. The van der Waals surface area contributed by atoms with Gasteiger partial charge in [0.15, 0.2) is 0 Å². The molecule has 72 valence electrons. The second kappa shape index (κ2) is 3.33. The van der Waals surface area contributed by atoms with Gasteiger partial charge in [-0.2, -0.15) is 0 Å². The van der Waals surface area contributed by atoms with Crippen LogP contribution < -0.4 is 0 Å². The largest absolute Gasteiger partial charge is 0.460 e. The second-order valence-corrected chi connectivity index (χ2v) is 3.52. The maximum Gasteiger partial charge on any atom is 0.137 e. The van der Waals surface area contributed by atoms with E-state index in [1.54, 1.807) is 0 Å². The molecule has 0 saturated carbocycles. The average Bonchev–Trinajstić information content (AvgIpc) is 2.47. The molecule has 14 heavy (non-hydrogen) atoms. The molecule has 0 radical (unpaired) electrons. The highest BCUT2D eigenvalue weighted by Gasteiger charge is 2.08. The van der Waals surface area contributed by atoms with Crippen molar-refractivity contribution in [3.63, 3.8) is 0 Å². The average molecular weight is 186 g/mol. The first kappa shape index (κ1) is 9.07. The van der Waals surface area contributed by atoms with Crippen LogP contribution in [0.5, 0.6) is 0 Å². The molecule has 0 unspecified atom stereocenters. The third-order valence-electron chi connectivity index (χ3n) is 2.47.